The highest BCUT2D eigenvalue weighted by atomic mass is 16.3. The first-order valence-electron chi connectivity index (χ1n) is 8.86. The average molecular weight is 288 g/mol. The number of aliphatic hydroxyl groups excluding tert-OH is 1. The summed E-state index contributed by atoms with van der Waals surface area (Å²) in [5.74, 6) is 3.80. The van der Waals surface area contributed by atoms with Crippen LogP contribution in [-0.2, 0) is 13.0 Å². The second kappa shape index (κ2) is 5.12. The molecule has 0 saturated heterocycles. The fraction of sp³-hybridized carbons (Fsp3) is 0.833. The Kier molecular flexibility index (Phi) is 3.36. The molecule has 1 aromatic rings. The summed E-state index contributed by atoms with van der Waals surface area (Å²) in [6.07, 6.45) is 13.8. The van der Waals surface area contributed by atoms with Crippen LogP contribution in [0.5, 0.6) is 0 Å². The fourth-order valence-electron chi connectivity index (χ4n) is 5.95. The molecular weight excluding hydrogens is 260 g/mol. The van der Waals surface area contributed by atoms with E-state index in [1.807, 2.05) is 6.20 Å². The molecule has 0 radical (unpaired) electrons. The zero-order valence-corrected chi connectivity index (χ0v) is 13.2. The van der Waals surface area contributed by atoms with Crippen LogP contribution in [0.25, 0.3) is 0 Å². The van der Waals surface area contributed by atoms with Crippen LogP contribution in [0.3, 0.4) is 0 Å². The lowest BCUT2D eigenvalue weighted by molar-refractivity contribution is -0.120. The van der Waals surface area contributed by atoms with Gasteiger partial charge in [0.1, 0.15) is 5.82 Å². The molecule has 3 nitrogen and oxygen atoms in total. The summed E-state index contributed by atoms with van der Waals surface area (Å²) in [6.45, 7) is 3.21. The first kappa shape index (κ1) is 13.8. The molecule has 5 rings (SSSR count). The van der Waals surface area contributed by atoms with Gasteiger partial charge in [0.05, 0.1) is 6.10 Å². The van der Waals surface area contributed by atoms with E-state index in [4.69, 9.17) is 0 Å². The van der Waals surface area contributed by atoms with Crippen molar-refractivity contribution in [3.05, 3.63) is 18.2 Å². The van der Waals surface area contributed by atoms with E-state index in [9.17, 15) is 5.11 Å². The molecule has 1 atom stereocenters. The number of nitrogens with zero attached hydrogens (tertiary/aromatic N) is 2. The van der Waals surface area contributed by atoms with Crippen LogP contribution < -0.4 is 0 Å². The second-order valence-corrected chi connectivity index (χ2v) is 8.04. The molecule has 4 bridgehead atoms. The number of aromatic nitrogens is 2. The maximum Gasteiger partial charge on any atom is 0.111 e. The molecular formula is C18H28N2O. The van der Waals surface area contributed by atoms with Gasteiger partial charge >= 0.3 is 0 Å². The molecule has 1 N–H and O–H groups in total. The monoisotopic (exact) mass is 288 g/mol. The van der Waals surface area contributed by atoms with Crippen molar-refractivity contribution in [2.24, 2.45) is 23.2 Å². The summed E-state index contributed by atoms with van der Waals surface area (Å²) in [5.41, 5.74) is 0.220. The van der Waals surface area contributed by atoms with Crippen LogP contribution in [0.4, 0.5) is 0 Å². The van der Waals surface area contributed by atoms with Crippen molar-refractivity contribution in [1.29, 1.82) is 0 Å². The Labute approximate surface area is 127 Å². The fourth-order valence-corrected chi connectivity index (χ4v) is 5.95. The molecule has 0 aromatic carbocycles. The zero-order chi connectivity index (χ0) is 14.4. The number of aliphatic hydroxyl groups is 1. The Hall–Kier alpha value is -0.830. The third kappa shape index (κ3) is 2.34. The number of aryl methyl sites for hydroxylation is 1. The van der Waals surface area contributed by atoms with Gasteiger partial charge in [0.15, 0.2) is 0 Å². The minimum absolute atomic E-state index is 0.191. The Morgan fingerprint density at radius 3 is 2.43 bits per heavy atom. The predicted octanol–water partition coefficient (Wildman–Crippen LogP) is 3.41. The smallest absolute Gasteiger partial charge is 0.111 e. The molecule has 1 aromatic heterocycles. The lowest BCUT2D eigenvalue weighted by Gasteiger charge is -2.58. The lowest BCUT2D eigenvalue weighted by atomic mass is 9.48. The van der Waals surface area contributed by atoms with Crippen LogP contribution in [0.1, 0.15) is 57.7 Å². The Morgan fingerprint density at radius 1 is 1.24 bits per heavy atom. The van der Waals surface area contributed by atoms with E-state index >= 15 is 0 Å². The molecule has 4 fully saturated rings. The molecule has 1 heterocycles. The summed E-state index contributed by atoms with van der Waals surface area (Å²) in [5, 5.41) is 11.0. The van der Waals surface area contributed by atoms with Gasteiger partial charge in [-0.15, -0.1) is 0 Å². The Morgan fingerprint density at radius 2 is 1.86 bits per heavy atom. The molecule has 4 saturated carbocycles. The molecule has 4 aliphatic rings. The minimum Gasteiger partial charge on any atom is -0.392 e. The van der Waals surface area contributed by atoms with Gasteiger partial charge in [-0.1, -0.05) is 6.92 Å². The van der Waals surface area contributed by atoms with Gasteiger partial charge < -0.3 is 9.67 Å². The average Bonchev–Trinajstić information content (AvgIpc) is 2.85. The van der Waals surface area contributed by atoms with Gasteiger partial charge in [-0.25, -0.2) is 4.98 Å². The Balaban J connectivity index is 1.52. The molecule has 4 aliphatic carbocycles. The highest BCUT2D eigenvalue weighted by molar-refractivity contribution is 5.07. The largest absolute Gasteiger partial charge is 0.392 e. The van der Waals surface area contributed by atoms with E-state index in [1.54, 1.807) is 0 Å². The third-order valence-electron chi connectivity index (χ3n) is 6.43. The summed E-state index contributed by atoms with van der Waals surface area (Å²) < 4.78 is 2.23. The normalized spacial score (nSPS) is 38.9. The van der Waals surface area contributed by atoms with Gasteiger partial charge in [0.2, 0.25) is 0 Å². The van der Waals surface area contributed by atoms with Gasteiger partial charge in [-0.2, -0.15) is 0 Å². The van der Waals surface area contributed by atoms with Crippen molar-refractivity contribution in [2.75, 3.05) is 0 Å². The molecule has 0 amide bonds. The van der Waals surface area contributed by atoms with E-state index in [2.05, 4.69) is 22.7 Å². The van der Waals surface area contributed by atoms with Crippen LogP contribution in [0.2, 0.25) is 0 Å². The van der Waals surface area contributed by atoms with Crippen LogP contribution in [0, 0.1) is 23.2 Å². The number of hydrogen-bond donors (Lipinski definition) is 1. The molecule has 116 valence electrons. The van der Waals surface area contributed by atoms with E-state index in [-0.39, 0.29) is 11.5 Å². The summed E-state index contributed by atoms with van der Waals surface area (Å²) >= 11 is 0. The minimum atomic E-state index is -0.191. The maximum atomic E-state index is 11.0. The van der Waals surface area contributed by atoms with Crippen LogP contribution in [-0.4, -0.2) is 20.8 Å². The van der Waals surface area contributed by atoms with Crippen molar-refractivity contribution < 1.29 is 5.11 Å². The summed E-state index contributed by atoms with van der Waals surface area (Å²) in [6, 6.07) is 0. The maximum absolute atomic E-state index is 11.0. The summed E-state index contributed by atoms with van der Waals surface area (Å²) in [4.78, 5) is 4.51. The molecule has 0 spiro atoms. The van der Waals surface area contributed by atoms with Crippen molar-refractivity contribution in [2.45, 2.75) is 70.9 Å². The highest BCUT2D eigenvalue weighted by Gasteiger charge is 2.53. The third-order valence-corrected chi connectivity index (χ3v) is 6.43. The molecule has 0 aliphatic heterocycles. The van der Waals surface area contributed by atoms with Crippen molar-refractivity contribution >= 4 is 0 Å². The number of imidazole rings is 1. The quantitative estimate of drug-likeness (QED) is 0.901. The van der Waals surface area contributed by atoms with Crippen LogP contribution in [0.15, 0.2) is 12.4 Å². The Bertz CT molecular complexity index is 472. The predicted molar refractivity (Wildman–Crippen MR) is 82.8 cm³/mol. The number of rotatable bonds is 5. The van der Waals surface area contributed by atoms with Crippen molar-refractivity contribution in [1.82, 2.24) is 9.55 Å². The SMILES string of the molecule is CCCn1ccnc1CC(O)C12CC3CC(CC(C3)C1)C2. The second-order valence-electron chi connectivity index (χ2n) is 8.04. The first-order chi connectivity index (χ1) is 10.2. The molecule has 21 heavy (non-hydrogen) atoms. The lowest BCUT2D eigenvalue weighted by Crippen LogP contribution is -2.52. The van der Waals surface area contributed by atoms with Gasteiger partial charge in [-0.3, -0.25) is 0 Å². The zero-order valence-electron chi connectivity index (χ0n) is 13.2. The van der Waals surface area contributed by atoms with E-state index in [0.29, 0.717) is 0 Å². The van der Waals surface area contributed by atoms with E-state index < -0.39 is 0 Å². The molecule has 1 unspecified atom stereocenters. The van der Waals surface area contributed by atoms with Gasteiger partial charge in [0.25, 0.3) is 0 Å². The first-order valence-corrected chi connectivity index (χ1v) is 8.86. The highest BCUT2D eigenvalue weighted by Crippen LogP contribution is 2.61. The number of hydrogen-bond acceptors (Lipinski definition) is 2. The van der Waals surface area contributed by atoms with Crippen LogP contribution >= 0.6 is 0 Å². The topological polar surface area (TPSA) is 38.0 Å². The summed E-state index contributed by atoms with van der Waals surface area (Å²) in [7, 11) is 0. The van der Waals surface area contributed by atoms with Gasteiger partial charge in [-0.05, 0) is 68.1 Å². The standard InChI is InChI=1S/C18H28N2O/c1-2-4-20-5-3-19-17(20)9-16(21)18-10-13-6-14(11-18)8-15(7-13)12-18/h3,5,13-16,21H,2,4,6-12H2,1H3. The van der Waals surface area contributed by atoms with E-state index in [0.717, 1.165) is 43.0 Å². The van der Waals surface area contributed by atoms with Crippen molar-refractivity contribution in [3.8, 4) is 0 Å². The molecule has 3 heteroatoms. The van der Waals surface area contributed by atoms with E-state index in [1.165, 1.54) is 38.5 Å². The van der Waals surface area contributed by atoms with Crippen molar-refractivity contribution in [3.63, 3.8) is 0 Å². The van der Waals surface area contributed by atoms with Gasteiger partial charge in [0, 0.05) is 25.4 Å².